The quantitative estimate of drug-likeness (QED) is 0.761. The minimum atomic E-state index is -3.40. The zero-order valence-corrected chi connectivity index (χ0v) is 16.0. The molecule has 2 aromatic rings. The van der Waals surface area contributed by atoms with Crippen LogP contribution in [0.1, 0.15) is 49.8 Å². The molecule has 2 atom stereocenters. The van der Waals surface area contributed by atoms with Crippen LogP contribution < -0.4 is 5.32 Å². The molecular weight excluding hydrogens is 346 g/mol. The molecule has 0 spiro atoms. The van der Waals surface area contributed by atoms with E-state index >= 15 is 0 Å². The fourth-order valence-corrected chi connectivity index (χ4v) is 6.02. The van der Waals surface area contributed by atoms with Gasteiger partial charge >= 0.3 is 0 Å². The highest BCUT2D eigenvalue weighted by Crippen LogP contribution is 2.37. The topological polar surface area (TPSA) is 66.4 Å². The molecule has 1 aliphatic rings. The van der Waals surface area contributed by atoms with E-state index in [1.807, 2.05) is 49.4 Å². The van der Waals surface area contributed by atoms with E-state index in [0.29, 0.717) is 11.3 Å². The lowest BCUT2D eigenvalue weighted by molar-refractivity contribution is 0.255. The summed E-state index contributed by atoms with van der Waals surface area (Å²) in [5.41, 5.74) is 1.38. The fraction of sp³-hybridized carbons (Fsp3) is 0.429. The van der Waals surface area contributed by atoms with Gasteiger partial charge in [-0.2, -0.15) is 0 Å². The SMILES string of the molecule is CC[C@]1(CCCCO)CS(=O)(=O)c2ccccc2[C@H](c2ccccc2)N1. The van der Waals surface area contributed by atoms with Gasteiger partial charge in [-0.25, -0.2) is 8.42 Å². The summed E-state index contributed by atoms with van der Waals surface area (Å²) < 4.78 is 26.4. The Morgan fingerprint density at radius 2 is 1.77 bits per heavy atom. The van der Waals surface area contributed by atoms with E-state index < -0.39 is 15.4 Å². The van der Waals surface area contributed by atoms with Crippen molar-refractivity contribution < 1.29 is 13.5 Å². The van der Waals surface area contributed by atoms with Crippen LogP contribution in [0.5, 0.6) is 0 Å². The van der Waals surface area contributed by atoms with Gasteiger partial charge in [0.2, 0.25) is 0 Å². The van der Waals surface area contributed by atoms with Gasteiger partial charge in [-0.3, -0.25) is 5.32 Å². The number of unbranched alkanes of at least 4 members (excludes halogenated alkanes) is 1. The van der Waals surface area contributed by atoms with Gasteiger partial charge in [-0.05, 0) is 42.9 Å². The average Bonchev–Trinajstić information content (AvgIpc) is 2.76. The molecule has 2 aromatic carbocycles. The van der Waals surface area contributed by atoms with Gasteiger partial charge in [0.1, 0.15) is 0 Å². The van der Waals surface area contributed by atoms with E-state index in [4.69, 9.17) is 5.11 Å². The van der Waals surface area contributed by atoms with Crippen LogP contribution >= 0.6 is 0 Å². The highest BCUT2D eigenvalue weighted by atomic mass is 32.2. The third-order valence-corrected chi connectivity index (χ3v) is 7.33. The summed E-state index contributed by atoms with van der Waals surface area (Å²) in [5.74, 6) is 0.0856. The molecule has 26 heavy (non-hydrogen) atoms. The van der Waals surface area contributed by atoms with Crippen molar-refractivity contribution in [1.82, 2.24) is 5.32 Å². The van der Waals surface area contributed by atoms with Crippen molar-refractivity contribution in [2.24, 2.45) is 0 Å². The molecule has 140 valence electrons. The molecule has 0 aliphatic carbocycles. The highest BCUT2D eigenvalue weighted by molar-refractivity contribution is 7.91. The Morgan fingerprint density at radius 3 is 2.46 bits per heavy atom. The Morgan fingerprint density at radius 1 is 1.08 bits per heavy atom. The lowest BCUT2D eigenvalue weighted by Gasteiger charge is -2.36. The molecule has 0 saturated heterocycles. The second kappa shape index (κ2) is 7.91. The molecule has 0 amide bonds. The first-order valence-electron chi connectivity index (χ1n) is 9.26. The van der Waals surface area contributed by atoms with E-state index in [2.05, 4.69) is 5.32 Å². The van der Waals surface area contributed by atoms with Gasteiger partial charge in [0.05, 0.1) is 16.7 Å². The second-order valence-corrected chi connectivity index (χ2v) is 9.06. The minimum absolute atomic E-state index is 0.0856. The number of rotatable bonds is 6. The molecule has 1 aliphatic heterocycles. The summed E-state index contributed by atoms with van der Waals surface area (Å²) >= 11 is 0. The predicted octanol–water partition coefficient (Wildman–Crippen LogP) is 3.46. The second-order valence-electron chi connectivity index (χ2n) is 7.10. The Labute approximate surface area is 156 Å². The Hall–Kier alpha value is -1.69. The number of benzene rings is 2. The van der Waals surface area contributed by atoms with E-state index in [9.17, 15) is 8.42 Å². The van der Waals surface area contributed by atoms with Crippen molar-refractivity contribution >= 4 is 9.84 Å². The van der Waals surface area contributed by atoms with Crippen LogP contribution in [0.2, 0.25) is 0 Å². The van der Waals surface area contributed by atoms with Crippen LogP contribution in [0.3, 0.4) is 0 Å². The molecule has 1 heterocycles. The molecule has 4 nitrogen and oxygen atoms in total. The number of hydrogen-bond donors (Lipinski definition) is 2. The Bertz CT molecular complexity index is 835. The zero-order valence-electron chi connectivity index (χ0n) is 15.2. The van der Waals surface area contributed by atoms with Crippen molar-refractivity contribution in [2.75, 3.05) is 12.4 Å². The summed E-state index contributed by atoms with van der Waals surface area (Å²) in [6.07, 6.45) is 2.92. The summed E-state index contributed by atoms with van der Waals surface area (Å²) in [5, 5.41) is 12.8. The van der Waals surface area contributed by atoms with Crippen LogP contribution in [-0.4, -0.2) is 31.4 Å². The molecule has 3 rings (SSSR count). The van der Waals surface area contributed by atoms with Crippen molar-refractivity contribution in [3.05, 3.63) is 65.7 Å². The normalized spacial score (nSPS) is 24.6. The molecule has 0 aromatic heterocycles. The number of hydrogen-bond acceptors (Lipinski definition) is 4. The van der Waals surface area contributed by atoms with Crippen LogP contribution in [-0.2, 0) is 9.84 Å². The van der Waals surface area contributed by atoms with Crippen molar-refractivity contribution in [2.45, 2.75) is 49.1 Å². The standard InChI is InChI=1S/C21H27NO3S/c1-2-21(14-8-9-15-23)16-26(24,25)19-13-7-6-12-18(19)20(22-21)17-10-4-3-5-11-17/h3-7,10-13,20,22-23H,2,8-9,14-16H2,1H3/t20-,21-/m0/s1. The number of aliphatic hydroxyl groups excluding tert-OH is 1. The number of nitrogens with one attached hydrogen (secondary N) is 1. The summed E-state index contributed by atoms with van der Waals surface area (Å²) in [4.78, 5) is 0.429. The van der Waals surface area contributed by atoms with Gasteiger partial charge in [0, 0.05) is 12.1 Å². The third kappa shape index (κ3) is 3.85. The minimum Gasteiger partial charge on any atom is -0.396 e. The van der Waals surface area contributed by atoms with Gasteiger partial charge in [0.15, 0.2) is 9.84 Å². The lowest BCUT2D eigenvalue weighted by Crippen LogP contribution is -2.50. The van der Waals surface area contributed by atoms with Gasteiger partial charge in [-0.15, -0.1) is 0 Å². The van der Waals surface area contributed by atoms with E-state index in [-0.39, 0.29) is 18.4 Å². The first kappa shape index (κ1) is 19.1. The van der Waals surface area contributed by atoms with Gasteiger partial charge in [-0.1, -0.05) is 55.5 Å². The third-order valence-electron chi connectivity index (χ3n) is 5.36. The molecule has 0 fully saturated rings. The molecule has 5 heteroatoms. The molecule has 2 N–H and O–H groups in total. The maximum atomic E-state index is 13.2. The van der Waals surface area contributed by atoms with E-state index in [1.54, 1.807) is 12.1 Å². The smallest absolute Gasteiger partial charge is 0.180 e. The van der Waals surface area contributed by atoms with Crippen LogP contribution in [0.25, 0.3) is 0 Å². The first-order chi connectivity index (χ1) is 12.5. The monoisotopic (exact) mass is 373 g/mol. The molecular formula is C21H27NO3S. The fourth-order valence-electron chi connectivity index (χ4n) is 3.88. The molecule has 0 bridgehead atoms. The summed E-state index contributed by atoms with van der Waals surface area (Å²) in [7, 11) is -3.40. The van der Waals surface area contributed by atoms with Crippen molar-refractivity contribution in [1.29, 1.82) is 0 Å². The number of aliphatic hydroxyl groups is 1. The maximum absolute atomic E-state index is 13.2. The van der Waals surface area contributed by atoms with Crippen molar-refractivity contribution in [3.63, 3.8) is 0 Å². The molecule has 0 unspecified atom stereocenters. The van der Waals surface area contributed by atoms with Crippen molar-refractivity contribution in [3.8, 4) is 0 Å². The molecule has 0 saturated carbocycles. The van der Waals surface area contributed by atoms with E-state index in [1.165, 1.54) is 0 Å². The van der Waals surface area contributed by atoms with E-state index in [0.717, 1.165) is 30.4 Å². The van der Waals surface area contributed by atoms with Gasteiger partial charge in [0.25, 0.3) is 0 Å². The lowest BCUT2D eigenvalue weighted by atomic mass is 9.88. The Kier molecular flexibility index (Phi) is 5.80. The Balaban J connectivity index is 2.11. The molecule has 0 radical (unpaired) electrons. The van der Waals surface area contributed by atoms with Crippen LogP contribution in [0.15, 0.2) is 59.5 Å². The van der Waals surface area contributed by atoms with Crippen LogP contribution in [0.4, 0.5) is 0 Å². The summed E-state index contributed by atoms with van der Waals surface area (Å²) in [6, 6.07) is 17.2. The maximum Gasteiger partial charge on any atom is 0.180 e. The largest absolute Gasteiger partial charge is 0.396 e. The predicted molar refractivity (Wildman–Crippen MR) is 104 cm³/mol. The number of fused-ring (bicyclic) bond motifs is 1. The van der Waals surface area contributed by atoms with Crippen LogP contribution in [0, 0.1) is 0 Å². The first-order valence-corrected chi connectivity index (χ1v) is 10.9. The zero-order chi connectivity index (χ0) is 18.6. The highest BCUT2D eigenvalue weighted by Gasteiger charge is 2.41. The number of sulfone groups is 1. The summed E-state index contributed by atoms with van der Waals surface area (Å²) in [6.45, 7) is 2.17. The average molecular weight is 374 g/mol. The van der Waals surface area contributed by atoms with Gasteiger partial charge < -0.3 is 5.11 Å².